The Morgan fingerprint density at radius 1 is 1.75 bits per heavy atom. The van der Waals surface area contributed by atoms with Crippen LogP contribution in [-0.4, -0.2) is 20.4 Å². The van der Waals surface area contributed by atoms with Crippen molar-refractivity contribution >= 4 is 6.72 Å². The van der Waals surface area contributed by atoms with Crippen molar-refractivity contribution in [1.82, 2.24) is 0 Å². The first-order chi connectivity index (χ1) is 3.91. The van der Waals surface area contributed by atoms with Crippen molar-refractivity contribution in [2.75, 3.05) is 13.7 Å². The molecule has 0 aromatic heterocycles. The molecule has 0 heterocycles. The van der Waals surface area contributed by atoms with Gasteiger partial charge in [0.25, 0.3) is 0 Å². The van der Waals surface area contributed by atoms with Gasteiger partial charge in [-0.05, 0) is 13.1 Å². The van der Waals surface area contributed by atoms with Gasteiger partial charge < -0.3 is 4.74 Å². The Balaban J connectivity index is 2.91. The van der Waals surface area contributed by atoms with Crippen molar-refractivity contribution in [3.63, 3.8) is 0 Å². The number of aliphatic imine (C=N–C) groups is 1. The van der Waals surface area contributed by atoms with Crippen LogP contribution in [0.2, 0.25) is 0 Å². The molecule has 0 amide bonds. The molecule has 0 unspecified atom stereocenters. The lowest BCUT2D eigenvalue weighted by Crippen LogP contribution is -1.82. The summed E-state index contributed by atoms with van der Waals surface area (Å²) < 4.78 is 4.78. The van der Waals surface area contributed by atoms with Crippen molar-refractivity contribution in [1.29, 1.82) is 0 Å². The smallest absolute Gasteiger partial charge is 0.0497 e. The summed E-state index contributed by atoms with van der Waals surface area (Å²) in [7, 11) is 1.68. The van der Waals surface area contributed by atoms with E-state index < -0.39 is 0 Å². The molecule has 0 atom stereocenters. The van der Waals surface area contributed by atoms with Gasteiger partial charge in [-0.25, -0.2) is 0 Å². The zero-order chi connectivity index (χ0) is 6.24. The number of methoxy groups -OCH3 is 1. The molecule has 0 aliphatic rings. The van der Waals surface area contributed by atoms with Crippen LogP contribution in [0.4, 0.5) is 0 Å². The number of hydrogen-bond donors (Lipinski definition) is 0. The Kier molecular flexibility index (Phi) is 5.87. The summed E-state index contributed by atoms with van der Waals surface area (Å²) >= 11 is 0. The van der Waals surface area contributed by atoms with Crippen LogP contribution >= 0.6 is 0 Å². The van der Waals surface area contributed by atoms with Crippen molar-refractivity contribution in [3.05, 3.63) is 12.3 Å². The number of hydrogen-bond acceptors (Lipinski definition) is 2. The number of nitrogens with zero attached hydrogens (tertiary/aromatic N) is 1. The molecule has 0 spiro atoms. The summed E-state index contributed by atoms with van der Waals surface area (Å²) in [5.74, 6) is 0. The Morgan fingerprint density at radius 2 is 2.50 bits per heavy atom. The maximum atomic E-state index is 4.78. The number of rotatable bonds is 4. The fourth-order valence-corrected chi connectivity index (χ4v) is 0.335. The quantitative estimate of drug-likeness (QED) is 0.397. The van der Waals surface area contributed by atoms with Gasteiger partial charge in [0.05, 0.1) is 0 Å². The lowest BCUT2D eigenvalue weighted by Gasteiger charge is -1.87. The van der Waals surface area contributed by atoms with Crippen LogP contribution in [-0.2, 0) is 4.74 Å². The monoisotopic (exact) mass is 113 g/mol. The predicted octanol–water partition coefficient (Wildman–Crippen LogP) is 1.24. The molecule has 8 heavy (non-hydrogen) atoms. The van der Waals surface area contributed by atoms with Gasteiger partial charge in [0.15, 0.2) is 0 Å². The molecule has 0 bridgehead atoms. The molecule has 0 saturated carbocycles. The zero-order valence-corrected chi connectivity index (χ0v) is 5.13. The second-order valence-electron chi connectivity index (χ2n) is 1.35. The van der Waals surface area contributed by atoms with E-state index >= 15 is 0 Å². The molecule has 46 valence electrons. The summed E-state index contributed by atoms with van der Waals surface area (Å²) in [5, 5.41) is 0. The van der Waals surface area contributed by atoms with E-state index in [0.717, 1.165) is 13.0 Å². The summed E-state index contributed by atoms with van der Waals surface area (Å²) in [5.41, 5.74) is 0. The fraction of sp³-hybridized carbons (Fsp3) is 0.500. The van der Waals surface area contributed by atoms with Gasteiger partial charge in [0, 0.05) is 19.9 Å². The first-order valence-electron chi connectivity index (χ1n) is 2.51. The largest absolute Gasteiger partial charge is 0.384 e. The van der Waals surface area contributed by atoms with Gasteiger partial charge >= 0.3 is 0 Å². The van der Waals surface area contributed by atoms with Crippen molar-refractivity contribution in [3.8, 4) is 0 Å². The molecule has 0 aromatic carbocycles. The highest BCUT2D eigenvalue weighted by molar-refractivity contribution is 5.25. The average Bonchev–Trinajstić information content (AvgIpc) is 1.81. The summed E-state index contributed by atoms with van der Waals surface area (Å²) in [6, 6.07) is 0. The zero-order valence-electron chi connectivity index (χ0n) is 5.13. The molecular formula is C6H11NO. The normalized spacial score (nSPS) is 10.1. The van der Waals surface area contributed by atoms with Crippen molar-refractivity contribution in [2.24, 2.45) is 4.99 Å². The third kappa shape index (κ3) is 5.37. The first kappa shape index (κ1) is 7.37. The van der Waals surface area contributed by atoms with Gasteiger partial charge in [0.2, 0.25) is 0 Å². The Bertz CT molecular complexity index is 78.6. The van der Waals surface area contributed by atoms with Gasteiger partial charge in [0.1, 0.15) is 0 Å². The minimum atomic E-state index is 0.756. The molecule has 0 aliphatic carbocycles. The minimum Gasteiger partial charge on any atom is -0.384 e. The lowest BCUT2D eigenvalue weighted by atomic mass is 10.4. The summed E-state index contributed by atoms with van der Waals surface area (Å²) in [6.07, 6.45) is 4.49. The van der Waals surface area contributed by atoms with E-state index in [4.69, 9.17) is 4.74 Å². The first-order valence-corrected chi connectivity index (χ1v) is 2.51. The van der Waals surface area contributed by atoms with Gasteiger partial charge in [-0.15, -0.1) is 0 Å². The Hall–Kier alpha value is -0.630. The predicted molar refractivity (Wildman–Crippen MR) is 35.2 cm³/mol. The number of ether oxygens (including phenoxy) is 1. The van der Waals surface area contributed by atoms with Crippen LogP contribution in [0.25, 0.3) is 0 Å². The maximum absolute atomic E-state index is 4.78. The van der Waals surface area contributed by atoms with Crippen LogP contribution < -0.4 is 0 Å². The van der Waals surface area contributed by atoms with Crippen molar-refractivity contribution < 1.29 is 4.74 Å². The fourth-order valence-electron chi connectivity index (χ4n) is 0.335. The lowest BCUT2D eigenvalue weighted by molar-refractivity contribution is 0.204. The second kappa shape index (κ2) is 6.37. The molecule has 0 saturated heterocycles. The molecule has 2 heteroatoms. The van der Waals surface area contributed by atoms with E-state index in [-0.39, 0.29) is 0 Å². The molecule has 0 aromatic rings. The van der Waals surface area contributed by atoms with E-state index in [0.29, 0.717) is 0 Å². The van der Waals surface area contributed by atoms with Crippen LogP contribution in [0, 0.1) is 0 Å². The molecular weight excluding hydrogens is 102 g/mol. The van der Waals surface area contributed by atoms with Crippen LogP contribution in [0.5, 0.6) is 0 Å². The molecule has 0 N–H and O–H groups in total. The Labute approximate surface area is 49.9 Å². The molecule has 0 radical (unpaired) electrons. The molecule has 0 rings (SSSR count). The van der Waals surface area contributed by atoms with E-state index in [1.165, 1.54) is 0 Å². The van der Waals surface area contributed by atoms with Crippen LogP contribution in [0.15, 0.2) is 17.3 Å². The second-order valence-corrected chi connectivity index (χ2v) is 1.35. The van der Waals surface area contributed by atoms with Gasteiger partial charge in [-0.3, -0.25) is 4.99 Å². The highest BCUT2D eigenvalue weighted by Gasteiger charge is 1.73. The highest BCUT2D eigenvalue weighted by Crippen LogP contribution is 1.81. The molecule has 0 aliphatic heterocycles. The van der Waals surface area contributed by atoms with E-state index in [2.05, 4.69) is 11.7 Å². The summed E-state index contributed by atoms with van der Waals surface area (Å²) in [6.45, 7) is 4.04. The Morgan fingerprint density at radius 3 is 3.00 bits per heavy atom. The van der Waals surface area contributed by atoms with Crippen LogP contribution in [0.1, 0.15) is 6.42 Å². The average molecular weight is 113 g/mol. The SMILES string of the molecule is C=N/C=C\CCOC. The third-order valence-electron chi connectivity index (χ3n) is 0.699. The van der Waals surface area contributed by atoms with Crippen molar-refractivity contribution in [2.45, 2.75) is 6.42 Å². The maximum Gasteiger partial charge on any atom is 0.0497 e. The molecule has 0 fully saturated rings. The summed E-state index contributed by atoms with van der Waals surface area (Å²) in [4.78, 5) is 3.52. The van der Waals surface area contributed by atoms with E-state index in [9.17, 15) is 0 Å². The topological polar surface area (TPSA) is 21.6 Å². The van der Waals surface area contributed by atoms with Gasteiger partial charge in [-0.2, -0.15) is 0 Å². The van der Waals surface area contributed by atoms with Crippen LogP contribution in [0.3, 0.4) is 0 Å². The van der Waals surface area contributed by atoms with E-state index in [1.807, 2.05) is 6.08 Å². The molecule has 2 nitrogen and oxygen atoms in total. The minimum absolute atomic E-state index is 0.756. The highest BCUT2D eigenvalue weighted by atomic mass is 16.5. The van der Waals surface area contributed by atoms with E-state index in [1.54, 1.807) is 13.3 Å². The third-order valence-corrected chi connectivity index (χ3v) is 0.699. The standard InChI is InChI=1S/C6H11NO/c1-7-5-3-4-6-8-2/h3,5H,1,4,6H2,2H3/b5-3-. The van der Waals surface area contributed by atoms with Gasteiger partial charge in [-0.1, -0.05) is 6.08 Å².